The monoisotopic (exact) mass is 156 g/mol. The summed E-state index contributed by atoms with van der Waals surface area (Å²) in [5, 5.41) is 4.07. The van der Waals surface area contributed by atoms with Gasteiger partial charge in [-0.05, 0) is 6.92 Å². The third-order valence-corrected chi connectivity index (χ3v) is 1.19. The van der Waals surface area contributed by atoms with Crippen LogP contribution in [0.25, 0.3) is 0 Å². The number of rotatable bonds is 1. The molecule has 0 N–H and O–H groups in total. The third kappa shape index (κ3) is 2.62. The van der Waals surface area contributed by atoms with Crippen LogP contribution < -0.4 is 4.74 Å². The Bertz CT molecular complexity index is 206. The Morgan fingerprint density at radius 1 is 1.45 bits per heavy atom. The molecule has 0 bridgehead atoms. The zero-order valence-corrected chi connectivity index (χ0v) is 7.88. The Morgan fingerprint density at radius 3 is 2.18 bits per heavy atom. The van der Waals surface area contributed by atoms with Crippen molar-refractivity contribution < 1.29 is 4.74 Å². The molecule has 0 atom stereocenters. The molecular formula is C8H16N2O. The SMILES string of the molecule is CC.COc1cn(C)nc1C. The highest BCUT2D eigenvalue weighted by Crippen LogP contribution is 2.12. The van der Waals surface area contributed by atoms with Crippen molar-refractivity contribution in [1.82, 2.24) is 9.78 Å². The van der Waals surface area contributed by atoms with E-state index >= 15 is 0 Å². The van der Waals surface area contributed by atoms with Gasteiger partial charge in [0.2, 0.25) is 0 Å². The van der Waals surface area contributed by atoms with E-state index in [1.165, 1.54) is 0 Å². The van der Waals surface area contributed by atoms with Crippen molar-refractivity contribution in [3.63, 3.8) is 0 Å². The van der Waals surface area contributed by atoms with Crippen molar-refractivity contribution in [3.05, 3.63) is 11.9 Å². The van der Waals surface area contributed by atoms with Crippen LogP contribution in [0.15, 0.2) is 6.20 Å². The fraction of sp³-hybridized carbons (Fsp3) is 0.625. The number of aromatic nitrogens is 2. The Morgan fingerprint density at radius 2 is 2.00 bits per heavy atom. The van der Waals surface area contributed by atoms with Gasteiger partial charge in [0.15, 0.2) is 5.75 Å². The molecule has 0 aliphatic carbocycles. The van der Waals surface area contributed by atoms with Gasteiger partial charge < -0.3 is 4.74 Å². The molecule has 0 unspecified atom stereocenters. The number of hydrogen-bond acceptors (Lipinski definition) is 2. The van der Waals surface area contributed by atoms with Crippen LogP contribution in [0.3, 0.4) is 0 Å². The zero-order chi connectivity index (χ0) is 8.85. The molecule has 0 aromatic carbocycles. The summed E-state index contributed by atoms with van der Waals surface area (Å²) in [7, 11) is 3.51. The molecule has 64 valence electrons. The van der Waals surface area contributed by atoms with Crippen LogP contribution in [0, 0.1) is 6.92 Å². The first-order chi connectivity index (χ1) is 5.24. The quantitative estimate of drug-likeness (QED) is 0.619. The van der Waals surface area contributed by atoms with E-state index in [-0.39, 0.29) is 0 Å². The molecule has 0 radical (unpaired) electrons. The fourth-order valence-electron chi connectivity index (χ4n) is 0.778. The minimum Gasteiger partial charge on any atom is -0.493 e. The lowest BCUT2D eigenvalue weighted by Gasteiger charge is -1.90. The molecule has 0 aliphatic heterocycles. The maximum absolute atomic E-state index is 4.98. The van der Waals surface area contributed by atoms with Crippen molar-refractivity contribution in [2.45, 2.75) is 20.8 Å². The average molecular weight is 156 g/mol. The number of hydrogen-bond donors (Lipinski definition) is 0. The van der Waals surface area contributed by atoms with Crippen molar-refractivity contribution >= 4 is 0 Å². The summed E-state index contributed by atoms with van der Waals surface area (Å²) < 4.78 is 6.71. The highest BCUT2D eigenvalue weighted by molar-refractivity contribution is 5.22. The van der Waals surface area contributed by atoms with Crippen molar-refractivity contribution in [1.29, 1.82) is 0 Å². The van der Waals surface area contributed by atoms with Crippen molar-refractivity contribution in [3.8, 4) is 5.75 Å². The van der Waals surface area contributed by atoms with Gasteiger partial charge in [0.1, 0.15) is 5.69 Å². The van der Waals surface area contributed by atoms with Crippen LogP contribution in [-0.2, 0) is 7.05 Å². The van der Waals surface area contributed by atoms with Crippen LogP contribution >= 0.6 is 0 Å². The zero-order valence-electron chi connectivity index (χ0n) is 7.88. The van der Waals surface area contributed by atoms with Crippen LogP contribution in [-0.4, -0.2) is 16.9 Å². The Kier molecular flexibility index (Phi) is 4.34. The van der Waals surface area contributed by atoms with Crippen LogP contribution in [0.4, 0.5) is 0 Å². The van der Waals surface area contributed by atoms with E-state index in [9.17, 15) is 0 Å². The number of methoxy groups -OCH3 is 1. The largest absolute Gasteiger partial charge is 0.493 e. The highest BCUT2D eigenvalue weighted by Gasteiger charge is 1.99. The fourth-order valence-corrected chi connectivity index (χ4v) is 0.778. The molecule has 0 saturated heterocycles. The average Bonchev–Trinajstić information content (AvgIpc) is 2.33. The normalized spacial score (nSPS) is 8.45. The number of nitrogens with zero attached hydrogens (tertiary/aromatic N) is 2. The molecular weight excluding hydrogens is 140 g/mol. The molecule has 0 spiro atoms. The van der Waals surface area contributed by atoms with Gasteiger partial charge in [-0.1, -0.05) is 13.8 Å². The van der Waals surface area contributed by atoms with E-state index in [2.05, 4.69) is 5.10 Å². The highest BCUT2D eigenvalue weighted by atomic mass is 16.5. The molecule has 11 heavy (non-hydrogen) atoms. The molecule has 3 heteroatoms. The van der Waals surface area contributed by atoms with E-state index in [1.54, 1.807) is 11.8 Å². The van der Waals surface area contributed by atoms with E-state index < -0.39 is 0 Å². The second-order valence-corrected chi connectivity index (χ2v) is 1.96. The standard InChI is InChI=1S/C6H10N2O.C2H6/c1-5-6(9-3)4-8(2)7-5;1-2/h4H,1-3H3;1-2H3. The summed E-state index contributed by atoms with van der Waals surface area (Å²) in [5.74, 6) is 0.845. The molecule has 3 nitrogen and oxygen atoms in total. The topological polar surface area (TPSA) is 27.1 Å². The molecule has 0 aliphatic rings. The number of aryl methyl sites for hydroxylation is 2. The van der Waals surface area contributed by atoms with Gasteiger partial charge in [-0.15, -0.1) is 0 Å². The van der Waals surface area contributed by atoms with Crippen LogP contribution in [0.2, 0.25) is 0 Å². The predicted molar refractivity (Wildman–Crippen MR) is 45.8 cm³/mol. The molecule has 1 aromatic rings. The minimum atomic E-state index is 0.845. The maximum Gasteiger partial charge on any atom is 0.159 e. The third-order valence-electron chi connectivity index (χ3n) is 1.19. The van der Waals surface area contributed by atoms with Gasteiger partial charge >= 0.3 is 0 Å². The van der Waals surface area contributed by atoms with Gasteiger partial charge in [-0.25, -0.2) is 0 Å². The van der Waals surface area contributed by atoms with Gasteiger partial charge in [0.25, 0.3) is 0 Å². The molecule has 0 saturated carbocycles. The van der Waals surface area contributed by atoms with Crippen LogP contribution in [0.5, 0.6) is 5.75 Å². The first-order valence-electron chi connectivity index (χ1n) is 3.78. The summed E-state index contributed by atoms with van der Waals surface area (Å²) in [4.78, 5) is 0. The predicted octanol–water partition coefficient (Wildman–Crippen LogP) is 1.76. The molecule has 1 rings (SSSR count). The number of ether oxygens (including phenoxy) is 1. The minimum absolute atomic E-state index is 0.845. The van der Waals surface area contributed by atoms with Gasteiger partial charge in [0.05, 0.1) is 13.3 Å². The molecule has 1 aromatic heterocycles. The van der Waals surface area contributed by atoms with E-state index in [0.29, 0.717) is 0 Å². The molecule has 0 amide bonds. The summed E-state index contributed by atoms with van der Waals surface area (Å²) in [6, 6.07) is 0. The van der Waals surface area contributed by atoms with Gasteiger partial charge in [-0.2, -0.15) is 5.10 Å². The Balaban J connectivity index is 0.000000461. The molecule has 1 heterocycles. The van der Waals surface area contributed by atoms with Gasteiger partial charge in [-0.3, -0.25) is 4.68 Å². The van der Waals surface area contributed by atoms with E-state index in [0.717, 1.165) is 11.4 Å². The Labute approximate surface area is 68.0 Å². The lowest BCUT2D eigenvalue weighted by molar-refractivity contribution is 0.411. The summed E-state index contributed by atoms with van der Waals surface area (Å²) in [6.45, 7) is 5.92. The van der Waals surface area contributed by atoms with Crippen LogP contribution in [0.1, 0.15) is 19.5 Å². The second-order valence-electron chi connectivity index (χ2n) is 1.96. The lowest BCUT2D eigenvalue weighted by Crippen LogP contribution is -1.86. The maximum atomic E-state index is 4.98. The van der Waals surface area contributed by atoms with E-state index in [4.69, 9.17) is 4.74 Å². The molecule has 0 fully saturated rings. The van der Waals surface area contributed by atoms with Crippen molar-refractivity contribution in [2.75, 3.05) is 7.11 Å². The van der Waals surface area contributed by atoms with Gasteiger partial charge in [0, 0.05) is 7.05 Å². The lowest BCUT2D eigenvalue weighted by atomic mass is 10.5. The van der Waals surface area contributed by atoms with E-state index in [1.807, 2.05) is 34.0 Å². The summed E-state index contributed by atoms with van der Waals surface area (Å²) in [6.07, 6.45) is 1.84. The van der Waals surface area contributed by atoms with Crippen molar-refractivity contribution in [2.24, 2.45) is 7.05 Å². The first kappa shape index (κ1) is 10.0. The first-order valence-corrected chi connectivity index (χ1v) is 3.78. The second kappa shape index (κ2) is 4.77. The smallest absolute Gasteiger partial charge is 0.159 e. The summed E-state index contributed by atoms with van der Waals surface area (Å²) >= 11 is 0. The summed E-state index contributed by atoms with van der Waals surface area (Å²) in [5.41, 5.74) is 0.931. The Hall–Kier alpha value is -0.990.